The summed E-state index contributed by atoms with van der Waals surface area (Å²) >= 11 is 5.83. The molecule has 5 rings (SSSR count). The van der Waals surface area contributed by atoms with E-state index in [1.165, 1.54) is 29.3 Å². The minimum absolute atomic E-state index is 0.00782. The molecule has 174 valence electrons. The number of hydrogen-bond acceptors (Lipinski definition) is 5. The number of fused-ring (bicyclic) bond motifs is 1. The van der Waals surface area contributed by atoms with Gasteiger partial charge in [0, 0.05) is 48.8 Å². The van der Waals surface area contributed by atoms with Crippen LogP contribution in [0.4, 0.5) is 8.78 Å². The average molecular weight is 485 g/mol. The average Bonchev–Trinajstić information content (AvgIpc) is 2.79. The molecule has 1 fully saturated rings. The lowest BCUT2D eigenvalue weighted by atomic mass is 9.97. The number of carbonyl (C=O) groups excluding carboxylic acids is 2. The van der Waals surface area contributed by atoms with Crippen LogP contribution in [0.5, 0.6) is 11.5 Å². The van der Waals surface area contributed by atoms with Gasteiger partial charge in [0.15, 0.2) is 17.3 Å². The molecule has 0 atom stereocenters. The number of pyridine rings is 1. The molecular formula is C25H19ClF2N2O4. The first-order chi connectivity index (χ1) is 16.4. The number of ether oxygens (including phenoxy) is 2. The van der Waals surface area contributed by atoms with Gasteiger partial charge in [-0.25, -0.2) is 8.78 Å². The van der Waals surface area contributed by atoms with Crippen LogP contribution in [-0.2, 0) is 11.2 Å². The summed E-state index contributed by atoms with van der Waals surface area (Å²) in [6, 6.07) is 10.5. The van der Waals surface area contributed by atoms with Crippen LogP contribution in [0, 0.1) is 17.6 Å². The summed E-state index contributed by atoms with van der Waals surface area (Å²) in [6.45, 7) is 0.849. The molecule has 1 aromatic heterocycles. The maximum Gasteiger partial charge on any atom is 0.256 e. The minimum atomic E-state index is -0.685. The van der Waals surface area contributed by atoms with Crippen molar-refractivity contribution in [3.05, 3.63) is 76.4 Å². The fraction of sp³-hybridized carbons (Fsp3) is 0.240. The molecule has 0 saturated carbocycles. The second-order valence-corrected chi connectivity index (χ2v) is 8.77. The van der Waals surface area contributed by atoms with E-state index in [2.05, 4.69) is 4.98 Å². The van der Waals surface area contributed by atoms with Crippen LogP contribution in [0.1, 0.15) is 15.9 Å². The van der Waals surface area contributed by atoms with Crippen molar-refractivity contribution in [1.82, 2.24) is 9.88 Å². The van der Waals surface area contributed by atoms with E-state index in [-0.39, 0.29) is 42.6 Å². The third-order valence-electron chi connectivity index (χ3n) is 5.83. The van der Waals surface area contributed by atoms with E-state index in [1.54, 1.807) is 18.2 Å². The van der Waals surface area contributed by atoms with Gasteiger partial charge in [-0.15, -0.1) is 0 Å². The predicted molar refractivity (Wildman–Crippen MR) is 120 cm³/mol. The fourth-order valence-electron chi connectivity index (χ4n) is 4.00. The van der Waals surface area contributed by atoms with Gasteiger partial charge in [-0.2, -0.15) is 0 Å². The van der Waals surface area contributed by atoms with Gasteiger partial charge in [-0.1, -0.05) is 11.6 Å². The van der Waals surface area contributed by atoms with Crippen LogP contribution in [0.3, 0.4) is 0 Å². The summed E-state index contributed by atoms with van der Waals surface area (Å²) < 4.78 is 39.8. The van der Waals surface area contributed by atoms with Crippen molar-refractivity contribution in [2.45, 2.75) is 6.42 Å². The van der Waals surface area contributed by atoms with Crippen LogP contribution in [-0.4, -0.2) is 47.9 Å². The second-order valence-electron chi connectivity index (χ2n) is 8.34. The van der Waals surface area contributed by atoms with Gasteiger partial charge in [-0.05, 0) is 36.4 Å². The second kappa shape index (κ2) is 9.02. The molecule has 0 N–H and O–H groups in total. The monoisotopic (exact) mass is 484 g/mol. The quantitative estimate of drug-likeness (QED) is 0.539. The minimum Gasteiger partial charge on any atom is -0.490 e. The number of ketones is 1. The third kappa shape index (κ3) is 4.46. The topological polar surface area (TPSA) is 68.7 Å². The number of aromatic nitrogens is 1. The maximum atomic E-state index is 14.5. The van der Waals surface area contributed by atoms with Crippen molar-refractivity contribution in [3.8, 4) is 22.8 Å². The Morgan fingerprint density at radius 3 is 2.71 bits per heavy atom. The SMILES string of the molecule is O=C1COc2cc(F)c(C(=O)N3CC(COc4ccc(-c5ccc(Cl)cn5)cc4F)C3)cc2C1. The highest BCUT2D eigenvalue weighted by atomic mass is 35.5. The van der Waals surface area contributed by atoms with Crippen molar-refractivity contribution in [3.63, 3.8) is 0 Å². The van der Waals surface area contributed by atoms with Crippen LogP contribution in [0.15, 0.2) is 48.7 Å². The number of hydrogen-bond donors (Lipinski definition) is 0. The van der Waals surface area contributed by atoms with Gasteiger partial charge in [0.25, 0.3) is 5.91 Å². The third-order valence-corrected chi connectivity index (χ3v) is 6.05. The molecule has 3 heterocycles. The lowest BCUT2D eigenvalue weighted by Gasteiger charge is -2.39. The lowest BCUT2D eigenvalue weighted by Crippen LogP contribution is -2.52. The Morgan fingerprint density at radius 2 is 1.97 bits per heavy atom. The zero-order chi connectivity index (χ0) is 23.8. The Bertz CT molecular complexity index is 1280. The lowest BCUT2D eigenvalue weighted by molar-refractivity contribution is -0.121. The number of nitrogens with zero attached hydrogens (tertiary/aromatic N) is 2. The van der Waals surface area contributed by atoms with Crippen molar-refractivity contribution in [2.75, 3.05) is 26.3 Å². The van der Waals surface area contributed by atoms with E-state index < -0.39 is 17.5 Å². The van der Waals surface area contributed by atoms with E-state index >= 15 is 0 Å². The molecule has 0 unspecified atom stereocenters. The van der Waals surface area contributed by atoms with Gasteiger partial charge in [0.05, 0.1) is 22.9 Å². The molecule has 2 aliphatic heterocycles. The molecule has 2 aromatic carbocycles. The van der Waals surface area contributed by atoms with Crippen LogP contribution >= 0.6 is 11.6 Å². The molecule has 2 aliphatic rings. The summed E-state index contributed by atoms with van der Waals surface area (Å²) in [6.07, 6.45) is 1.61. The molecule has 9 heteroatoms. The largest absolute Gasteiger partial charge is 0.490 e. The Balaban J connectivity index is 1.17. The zero-order valence-corrected chi connectivity index (χ0v) is 18.6. The van der Waals surface area contributed by atoms with Crippen molar-refractivity contribution in [1.29, 1.82) is 0 Å². The van der Waals surface area contributed by atoms with Gasteiger partial charge in [-0.3, -0.25) is 14.6 Å². The number of Topliss-reactive ketones (excluding diaryl/α,β-unsaturated/α-hetero) is 1. The maximum absolute atomic E-state index is 14.5. The molecular weight excluding hydrogens is 466 g/mol. The number of halogens is 3. The van der Waals surface area contributed by atoms with E-state index in [0.717, 1.165) is 6.07 Å². The van der Waals surface area contributed by atoms with Crippen LogP contribution in [0.2, 0.25) is 5.02 Å². The first-order valence-electron chi connectivity index (χ1n) is 10.7. The molecule has 0 bridgehead atoms. The molecule has 1 saturated heterocycles. The molecule has 0 spiro atoms. The molecule has 0 radical (unpaired) electrons. The smallest absolute Gasteiger partial charge is 0.256 e. The number of rotatable bonds is 5. The predicted octanol–water partition coefficient (Wildman–Crippen LogP) is 4.34. The summed E-state index contributed by atoms with van der Waals surface area (Å²) in [5.41, 5.74) is 1.61. The standard InChI is InChI=1S/C25H19ClF2N2O4/c26-17-2-3-22(29-9-17)15-1-4-23(21(28)7-15)33-12-14-10-30(11-14)25(32)19-6-16-5-18(31)13-34-24(16)8-20(19)27/h1-4,6-9,14H,5,10-13H2. The molecule has 0 aliphatic carbocycles. The number of carbonyl (C=O) groups is 2. The summed E-state index contributed by atoms with van der Waals surface area (Å²) in [4.78, 5) is 30.0. The Morgan fingerprint density at radius 1 is 1.15 bits per heavy atom. The van der Waals surface area contributed by atoms with Gasteiger partial charge in [0.1, 0.15) is 18.2 Å². The Kier molecular flexibility index (Phi) is 5.91. The molecule has 6 nitrogen and oxygen atoms in total. The Hall–Kier alpha value is -3.52. The summed E-state index contributed by atoms with van der Waals surface area (Å²) in [5, 5.41) is 0.496. The van der Waals surface area contributed by atoms with E-state index in [1.807, 2.05) is 0 Å². The van der Waals surface area contributed by atoms with Crippen molar-refractivity contribution < 1.29 is 27.8 Å². The Labute approximate surface area is 199 Å². The van der Waals surface area contributed by atoms with Crippen molar-refractivity contribution >= 4 is 23.3 Å². The van der Waals surface area contributed by atoms with Crippen molar-refractivity contribution in [2.24, 2.45) is 5.92 Å². The van der Waals surface area contributed by atoms with Crippen LogP contribution in [0.25, 0.3) is 11.3 Å². The van der Waals surface area contributed by atoms with Crippen LogP contribution < -0.4 is 9.47 Å². The molecule has 34 heavy (non-hydrogen) atoms. The number of benzene rings is 2. The van der Waals surface area contributed by atoms with Gasteiger partial charge in [0.2, 0.25) is 0 Å². The normalized spacial score (nSPS) is 15.4. The zero-order valence-electron chi connectivity index (χ0n) is 17.9. The van der Waals surface area contributed by atoms with Gasteiger partial charge < -0.3 is 14.4 Å². The fourth-order valence-corrected chi connectivity index (χ4v) is 4.11. The molecule has 1 amide bonds. The first-order valence-corrected chi connectivity index (χ1v) is 11.1. The van der Waals surface area contributed by atoms with E-state index in [4.69, 9.17) is 21.1 Å². The number of amides is 1. The summed E-state index contributed by atoms with van der Waals surface area (Å²) in [5.74, 6) is -1.39. The van der Waals surface area contributed by atoms with Gasteiger partial charge >= 0.3 is 0 Å². The highest BCUT2D eigenvalue weighted by Gasteiger charge is 2.34. The highest BCUT2D eigenvalue weighted by molar-refractivity contribution is 6.30. The van der Waals surface area contributed by atoms with E-state index in [0.29, 0.717) is 40.7 Å². The number of likely N-dealkylation sites (tertiary alicyclic amines) is 1. The first kappa shape index (κ1) is 22.3. The summed E-state index contributed by atoms with van der Waals surface area (Å²) in [7, 11) is 0. The highest BCUT2D eigenvalue weighted by Crippen LogP contribution is 2.30. The molecule has 3 aromatic rings. The van der Waals surface area contributed by atoms with E-state index in [9.17, 15) is 18.4 Å².